The van der Waals surface area contributed by atoms with Crippen molar-refractivity contribution >= 4 is 26.6 Å². The molecule has 0 N–H and O–H groups in total. The molecule has 0 aliphatic rings. The molecule has 0 atom stereocenters. The number of carbonyl (C=O) groups is 2. The maximum Gasteiger partial charge on any atom is 0.452 e. The van der Waals surface area contributed by atoms with E-state index in [0.29, 0.717) is 0 Å². The predicted octanol–water partition coefficient (Wildman–Crippen LogP) is 1.63. The minimum absolute atomic E-state index is 0.163. The average molecular weight is 324 g/mol. The van der Waals surface area contributed by atoms with Gasteiger partial charge in [-0.15, -0.1) is 4.79 Å². The lowest BCUT2D eigenvalue weighted by atomic mass is 9.91. The summed E-state index contributed by atoms with van der Waals surface area (Å²) in [5.74, 6) is -1.19. The maximum absolute atomic E-state index is 12.4. The Morgan fingerprint density at radius 1 is 1.14 bits per heavy atom. The van der Waals surface area contributed by atoms with Gasteiger partial charge in [-0.1, -0.05) is 20.8 Å². The Hall–Kier alpha value is -2.31. The van der Waals surface area contributed by atoms with Crippen LogP contribution in [0.4, 0.5) is 0 Å². The standard InChI is InChI=1S/C14H16N2O5S/c1-9(17)21-10-5-7-11(8-6-10)22(19,20)13(16-15)12(18)14(2,3)4/h5-8H,1-4H3. The summed E-state index contributed by atoms with van der Waals surface area (Å²) in [5, 5.41) is -0.930. The fourth-order valence-corrected chi connectivity index (χ4v) is 2.88. The van der Waals surface area contributed by atoms with Gasteiger partial charge in [-0.2, -0.15) is 0 Å². The fourth-order valence-electron chi connectivity index (χ4n) is 1.51. The molecule has 118 valence electrons. The minimum Gasteiger partial charge on any atom is -0.427 e. The van der Waals surface area contributed by atoms with Crippen LogP contribution >= 0.6 is 0 Å². The van der Waals surface area contributed by atoms with Crippen molar-refractivity contribution in [2.24, 2.45) is 5.41 Å². The highest BCUT2D eigenvalue weighted by molar-refractivity contribution is 8.08. The minimum atomic E-state index is -4.27. The van der Waals surface area contributed by atoms with Gasteiger partial charge in [0.25, 0.3) is 15.6 Å². The van der Waals surface area contributed by atoms with E-state index in [9.17, 15) is 18.0 Å². The van der Waals surface area contributed by atoms with Gasteiger partial charge in [0.15, 0.2) is 0 Å². The van der Waals surface area contributed by atoms with Crippen LogP contribution in [0.2, 0.25) is 0 Å². The molecule has 22 heavy (non-hydrogen) atoms. The summed E-state index contributed by atoms with van der Waals surface area (Å²) in [6.45, 7) is 5.75. The third-order valence-corrected chi connectivity index (χ3v) is 4.29. The number of hydrogen-bond donors (Lipinski definition) is 0. The van der Waals surface area contributed by atoms with Crippen molar-refractivity contribution in [2.45, 2.75) is 32.6 Å². The number of Topliss-reactive ketones (excluding diaryl/α,β-unsaturated/α-hetero) is 1. The number of ether oxygens (including phenoxy) is 1. The van der Waals surface area contributed by atoms with Crippen molar-refractivity contribution in [1.29, 1.82) is 0 Å². The molecule has 0 heterocycles. The van der Waals surface area contributed by atoms with Crippen molar-refractivity contribution in [3.05, 3.63) is 29.8 Å². The van der Waals surface area contributed by atoms with E-state index in [0.717, 1.165) is 12.1 Å². The second kappa shape index (κ2) is 6.21. The molecule has 1 rings (SSSR count). The van der Waals surface area contributed by atoms with E-state index in [1.54, 1.807) is 0 Å². The summed E-state index contributed by atoms with van der Waals surface area (Å²) in [7, 11) is -4.27. The van der Waals surface area contributed by atoms with Gasteiger partial charge in [-0.05, 0) is 24.3 Å². The Kier molecular flexibility index (Phi) is 5.01. The zero-order chi connectivity index (χ0) is 17.1. The lowest BCUT2D eigenvalue weighted by molar-refractivity contribution is -0.131. The highest BCUT2D eigenvalue weighted by atomic mass is 32.2. The van der Waals surface area contributed by atoms with Crippen molar-refractivity contribution in [3.8, 4) is 5.75 Å². The number of hydrogen-bond acceptors (Lipinski definition) is 5. The highest BCUT2D eigenvalue weighted by Gasteiger charge is 2.43. The second-order valence-electron chi connectivity index (χ2n) is 5.55. The molecule has 7 nitrogen and oxygen atoms in total. The molecule has 1 aromatic rings. The normalized spacial score (nSPS) is 11.5. The molecule has 0 saturated carbocycles. The quantitative estimate of drug-likeness (QED) is 0.209. The molecule has 0 amide bonds. The summed E-state index contributed by atoms with van der Waals surface area (Å²) in [6.07, 6.45) is 0. The van der Waals surface area contributed by atoms with Crippen LogP contribution in [0.1, 0.15) is 27.7 Å². The third-order valence-electron chi connectivity index (χ3n) is 2.62. The number of nitrogens with zero attached hydrogens (tertiary/aromatic N) is 2. The largest absolute Gasteiger partial charge is 0.452 e. The fraction of sp³-hybridized carbons (Fsp3) is 0.357. The third kappa shape index (κ3) is 3.87. The Labute approximate surface area is 128 Å². The lowest BCUT2D eigenvalue weighted by Gasteiger charge is -2.13. The molecule has 0 aliphatic carbocycles. The number of sulfone groups is 1. The summed E-state index contributed by atoms with van der Waals surface area (Å²) >= 11 is 0. The smallest absolute Gasteiger partial charge is 0.427 e. The number of benzene rings is 1. The van der Waals surface area contributed by atoms with E-state index in [4.69, 9.17) is 10.3 Å². The Bertz CT molecular complexity index is 751. The molecule has 0 aliphatic heterocycles. The molecule has 0 saturated heterocycles. The predicted molar refractivity (Wildman–Crippen MR) is 78.0 cm³/mol. The van der Waals surface area contributed by atoms with Crippen LogP contribution in [0.25, 0.3) is 5.53 Å². The monoisotopic (exact) mass is 324 g/mol. The van der Waals surface area contributed by atoms with E-state index in [2.05, 4.69) is 4.79 Å². The Morgan fingerprint density at radius 2 is 1.64 bits per heavy atom. The number of ketones is 1. The zero-order valence-electron chi connectivity index (χ0n) is 12.7. The van der Waals surface area contributed by atoms with Crippen LogP contribution in [-0.4, -0.2) is 30.0 Å². The van der Waals surface area contributed by atoms with E-state index in [1.165, 1.54) is 39.8 Å². The van der Waals surface area contributed by atoms with E-state index in [-0.39, 0.29) is 10.6 Å². The molecule has 0 unspecified atom stereocenters. The van der Waals surface area contributed by atoms with Crippen molar-refractivity contribution in [2.75, 3.05) is 0 Å². The first-order valence-corrected chi connectivity index (χ1v) is 7.79. The molecule has 0 aromatic heterocycles. The first-order chi connectivity index (χ1) is 10.00. The van der Waals surface area contributed by atoms with E-state index >= 15 is 0 Å². The molecule has 0 spiro atoms. The summed E-state index contributed by atoms with van der Waals surface area (Å²) in [6, 6.07) is 4.86. The first-order valence-electron chi connectivity index (χ1n) is 6.30. The van der Waals surface area contributed by atoms with Gasteiger partial charge >= 0.3 is 11.0 Å². The SMILES string of the molecule is CC(=O)Oc1ccc(S(=O)(=O)C(=[N+]=[N-])C(=O)C(C)(C)C)cc1. The molecule has 1 aromatic carbocycles. The molecule has 0 radical (unpaired) electrons. The number of esters is 1. The molecular weight excluding hydrogens is 308 g/mol. The van der Waals surface area contributed by atoms with Gasteiger partial charge < -0.3 is 10.3 Å². The molecule has 0 fully saturated rings. The van der Waals surface area contributed by atoms with Crippen LogP contribution < -0.4 is 4.74 Å². The Balaban J connectivity index is 3.26. The van der Waals surface area contributed by atoms with Gasteiger partial charge in [0.1, 0.15) is 5.75 Å². The number of carbonyl (C=O) groups excluding carboxylic acids is 2. The summed E-state index contributed by atoms with van der Waals surface area (Å²) < 4.78 is 29.5. The summed E-state index contributed by atoms with van der Waals surface area (Å²) in [4.78, 5) is 25.3. The average Bonchev–Trinajstić information content (AvgIpc) is 2.38. The topological polar surface area (TPSA) is 114 Å². The highest BCUT2D eigenvalue weighted by Crippen LogP contribution is 2.22. The molecule has 8 heteroatoms. The van der Waals surface area contributed by atoms with Gasteiger partial charge in [0, 0.05) is 12.3 Å². The zero-order valence-corrected chi connectivity index (χ0v) is 13.5. The van der Waals surface area contributed by atoms with Crippen molar-refractivity contribution in [3.63, 3.8) is 0 Å². The van der Waals surface area contributed by atoms with E-state index in [1.807, 2.05) is 0 Å². The maximum atomic E-state index is 12.4. The van der Waals surface area contributed by atoms with Gasteiger partial charge in [-0.25, -0.2) is 8.42 Å². The summed E-state index contributed by atoms with van der Waals surface area (Å²) in [5.41, 5.74) is 7.93. The van der Waals surface area contributed by atoms with E-state index < -0.39 is 32.0 Å². The van der Waals surface area contributed by atoms with Crippen molar-refractivity contribution in [1.82, 2.24) is 0 Å². The van der Waals surface area contributed by atoms with Crippen LogP contribution in [0.5, 0.6) is 5.75 Å². The number of rotatable bonds is 3. The van der Waals surface area contributed by atoms with Crippen LogP contribution in [0, 0.1) is 5.41 Å². The molecular formula is C14H16N2O5S. The van der Waals surface area contributed by atoms with Crippen molar-refractivity contribution < 1.29 is 27.5 Å². The second-order valence-corrected chi connectivity index (χ2v) is 7.42. The van der Waals surface area contributed by atoms with Crippen LogP contribution in [0.3, 0.4) is 0 Å². The lowest BCUT2D eigenvalue weighted by Crippen LogP contribution is -2.34. The van der Waals surface area contributed by atoms with Crippen LogP contribution in [-0.2, 0) is 19.4 Å². The molecule has 0 bridgehead atoms. The van der Waals surface area contributed by atoms with Gasteiger partial charge in [0.2, 0.25) is 0 Å². The Morgan fingerprint density at radius 3 is 2.00 bits per heavy atom. The van der Waals surface area contributed by atoms with Gasteiger partial charge in [0.05, 0.1) is 4.90 Å². The van der Waals surface area contributed by atoms with Crippen LogP contribution in [0.15, 0.2) is 29.2 Å². The first kappa shape index (κ1) is 17.7. The van der Waals surface area contributed by atoms with Gasteiger partial charge in [-0.3, -0.25) is 9.59 Å².